The summed E-state index contributed by atoms with van der Waals surface area (Å²) < 4.78 is 34.4. The van der Waals surface area contributed by atoms with Gasteiger partial charge in [0.15, 0.2) is 0 Å². The second-order valence-electron chi connectivity index (χ2n) is 8.95. The summed E-state index contributed by atoms with van der Waals surface area (Å²) in [6, 6.07) is 10.1. The summed E-state index contributed by atoms with van der Waals surface area (Å²) in [6.07, 6.45) is 5.53. The van der Waals surface area contributed by atoms with E-state index in [2.05, 4.69) is 25.6 Å². The van der Waals surface area contributed by atoms with Crippen LogP contribution >= 0.6 is 0 Å². The third-order valence-electron chi connectivity index (χ3n) is 6.38. The van der Waals surface area contributed by atoms with Gasteiger partial charge in [-0.05, 0) is 39.0 Å². The normalized spacial score (nSPS) is 16.1. The average Bonchev–Trinajstić information content (AvgIpc) is 3.40. The molecule has 0 amide bonds. The van der Waals surface area contributed by atoms with Crippen molar-refractivity contribution < 1.29 is 13.2 Å². The molecule has 176 valence electrons. The van der Waals surface area contributed by atoms with Crippen molar-refractivity contribution in [3.63, 3.8) is 0 Å². The molecule has 10 heteroatoms. The number of benzene rings is 1. The molecule has 1 saturated heterocycles. The van der Waals surface area contributed by atoms with Crippen LogP contribution in [0.2, 0.25) is 0 Å². The Balaban J connectivity index is 1.72. The number of aromatic nitrogens is 4. The van der Waals surface area contributed by atoms with Crippen molar-refractivity contribution in [2.24, 2.45) is 0 Å². The van der Waals surface area contributed by atoms with Gasteiger partial charge in [0.05, 0.1) is 41.1 Å². The highest BCUT2D eigenvalue weighted by Crippen LogP contribution is 2.42. The lowest BCUT2D eigenvalue weighted by molar-refractivity contribution is 0.0892. The van der Waals surface area contributed by atoms with E-state index in [1.54, 1.807) is 6.92 Å². The summed E-state index contributed by atoms with van der Waals surface area (Å²) >= 11 is 0. The van der Waals surface area contributed by atoms with Crippen molar-refractivity contribution in [1.82, 2.24) is 23.8 Å². The Kier molecular flexibility index (Phi) is 5.34. The van der Waals surface area contributed by atoms with Crippen LogP contribution in [0.15, 0.2) is 43.0 Å². The lowest BCUT2D eigenvalue weighted by Gasteiger charge is -2.49. The number of hydrogen-bond donors (Lipinski definition) is 1. The van der Waals surface area contributed by atoms with Crippen LogP contribution in [-0.4, -0.2) is 57.2 Å². The Bertz CT molecular complexity index is 1520. The standard InChI is InChI=1S/C24H26N6O3S/c1-4-34(31,32)29-13-24(14-29,8-9-25)30-12-20(22-19-7-10-26-23(19)28-15-27-22)18-6-5-17(11-21(18)30)33-16(2)3/h5-7,10-12,15-16H,4,8,13-14H2,1-3H3,(H,26,27,28). The number of nitriles is 1. The van der Waals surface area contributed by atoms with Gasteiger partial charge < -0.3 is 14.3 Å². The molecule has 4 aromatic rings. The quantitative estimate of drug-likeness (QED) is 0.433. The summed E-state index contributed by atoms with van der Waals surface area (Å²) in [5, 5.41) is 11.5. The molecule has 1 fully saturated rings. The third-order valence-corrected chi connectivity index (χ3v) is 8.15. The SMILES string of the molecule is CCS(=O)(=O)N1CC(CC#N)(n2cc(-c3ncnc4[nH]ccc34)c3ccc(OC(C)C)cc32)C1. The van der Waals surface area contributed by atoms with Gasteiger partial charge in [-0.2, -0.15) is 9.57 Å². The fourth-order valence-corrected chi connectivity index (χ4v) is 5.95. The molecule has 1 aliphatic rings. The minimum atomic E-state index is -3.34. The smallest absolute Gasteiger partial charge is 0.213 e. The molecule has 1 aliphatic heterocycles. The van der Waals surface area contributed by atoms with Gasteiger partial charge in [0.1, 0.15) is 17.7 Å². The van der Waals surface area contributed by atoms with Gasteiger partial charge in [-0.25, -0.2) is 18.4 Å². The van der Waals surface area contributed by atoms with Crippen LogP contribution in [0.3, 0.4) is 0 Å². The van der Waals surface area contributed by atoms with E-state index in [-0.39, 0.29) is 31.4 Å². The highest BCUT2D eigenvalue weighted by Gasteiger charge is 2.49. The zero-order chi connectivity index (χ0) is 24.1. The van der Waals surface area contributed by atoms with E-state index < -0.39 is 15.6 Å². The number of ether oxygens (including phenoxy) is 1. The Labute approximate surface area is 198 Å². The van der Waals surface area contributed by atoms with Crippen molar-refractivity contribution in [1.29, 1.82) is 5.26 Å². The Hall–Kier alpha value is -3.42. The molecule has 0 aliphatic carbocycles. The van der Waals surface area contributed by atoms with Crippen LogP contribution in [-0.2, 0) is 15.6 Å². The number of sulfonamides is 1. The number of nitrogens with zero attached hydrogens (tertiary/aromatic N) is 5. The number of H-pyrrole nitrogens is 1. The molecule has 1 N–H and O–H groups in total. The predicted octanol–water partition coefficient (Wildman–Crippen LogP) is 3.64. The van der Waals surface area contributed by atoms with E-state index in [9.17, 15) is 13.7 Å². The van der Waals surface area contributed by atoms with Crippen molar-refractivity contribution in [2.75, 3.05) is 18.8 Å². The van der Waals surface area contributed by atoms with Crippen LogP contribution in [0.5, 0.6) is 5.75 Å². The second kappa shape index (κ2) is 8.11. The van der Waals surface area contributed by atoms with Crippen LogP contribution in [0.1, 0.15) is 27.2 Å². The first kappa shape index (κ1) is 22.4. The summed E-state index contributed by atoms with van der Waals surface area (Å²) in [5.74, 6) is 0.749. The first-order valence-corrected chi connectivity index (χ1v) is 12.8. The fourth-order valence-electron chi connectivity index (χ4n) is 4.71. The van der Waals surface area contributed by atoms with Crippen molar-refractivity contribution in [3.8, 4) is 23.1 Å². The Morgan fingerprint density at radius 2 is 2.03 bits per heavy atom. The van der Waals surface area contributed by atoms with Gasteiger partial charge in [0.25, 0.3) is 0 Å². The maximum atomic E-state index is 12.5. The van der Waals surface area contributed by atoms with E-state index >= 15 is 0 Å². The summed E-state index contributed by atoms with van der Waals surface area (Å²) in [6.45, 7) is 6.07. The lowest BCUT2D eigenvalue weighted by Crippen LogP contribution is -2.64. The topological polar surface area (TPSA) is 117 Å². The summed E-state index contributed by atoms with van der Waals surface area (Å²) in [4.78, 5) is 12.0. The van der Waals surface area contributed by atoms with E-state index in [1.165, 1.54) is 10.6 Å². The molecule has 9 nitrogen and oxygen atoms in total. The van der Waals surface area contributed by atoms with Gasteiger partial charge >= 0.3 is 0 Å². The number of fused-ring (bicyclic) bond motifs is 2. The molecule has 0 bridgehead atoms. The van der Waals surface area contributed by atoms with Crippen LogP contribution < -0.4 is 4.74 Å². The van der Waals surface area contributed by atoms with Crippen LogP contribution in [0, 0.1) is 11.3 Å². The molecular weight excluding hydrogens is 452 g/mol. The van der Waals surface area contributed by atoms with Gasteiger partial charge in [0.2, 0.25) is 10.0 Å². The lowest BCUT2D eigenvalue weighted by atomic mass is 9.88. The predicted molar refractivity (Wildman–Crippen MR) is 130 cm³/mol. The second-order valence-corrected chi connectivity index (χ2v) is 11.2. The first-order valence-electron chi connectivity index (χ1n) is 11.2. The molecule has 4 heterocycles. The first-order chi connectivity index (χ1) is 16.3. The van der Waals surface area contributed by atoms with Crippen molar-refractivity contribution >= 4 is 32.0 Å². The Morgan fingerprint density at radius 3 is 2.74 bits per heavy atom. The summed E-state index contributed by atoms with van der Waals surface area (Å²) in [5.41, 5.74) is 2.61. The number of aromatic amines is 1. The van der Waals surface area contributed by atoms with Gasteiger partial charge in [-0.15, -0.1) is 0 Å². The van der Waals surface area contributed by atoms with Crippen molar-refractivity contribution in [2.45, 2.75) is 38.8 Å². The van der Waals surface area contributed by atoms with E-state index in [4.69, 9.17) is 4.74 Å². The zero-order valence-electron chi connectivity index (χ0n) is 19.3. The average molecular weight is 479 g/mol. The molecule has 0 unspecified atom stereocenters. The maximum absolute atomic E-state index is 12.5. The molecular formula is C24H26N6O3S. The molecule has 0 radical (unpaired) electrons. The largest absolute Gasteiger partial charge is 0.491 e. The molecule has 0 spiro atoms. The number of rotatable bonds is 7. The van der Waals surface area contributed by atoms with E-state index in [1.807, 2.05) is 50.5 Å². The van der Waals surface area contributed by atoms with E-state index in [0.29, 0.717) is 5.75 Å². The Morgan fingerprint density at radius 1 is 1.24 bits per heavy atom. The van der Waals surface area contributed by atoms with Crippen molar-refractivity contribution in [3.05, 3.63) is 43.0 Å². The van der Waals surface area contributed by atoms with Gasteiger partial charge in [-0.1, -0.05) is 0 Å². The molecule has 5 rings (SSSR count). The third kappa shape index (κ3) is 3.52. The molecule has 34 heavy (non-hydrogen) atoms. The molecule has 0 atom stereocenters. The summed E-state index contributed by atoms with van der Waals surface area (Å²) in [7, 11) is -3.34. The van der Waals surface area contributed by atoms with Gasteiger partial charge in [-0.3, -0.25) is 0 Å². The van der Waals surface area contributed by atoms with Crippen LogP contribution in [0.25, 0.3) is 33.2 Å². The number of hydrogen-bond acceptors (Lipinski definition) is 6. The maximum Gasteiger partial charge on any atom is 0.213 e. The monoisotopic (exact) mass is 478 g/mol. The van der Waals surface area contributed by atoms with Crippen LogP contribution in [0.4, 0.5) is 0 Å². The number of nitrogens with one attached hydrogen (secondary N) is 1. The van der Waals surface area contributed by atoms with Gasteiger partial charge in [0, 0.05) is 47.9 Å². The molecule has 3 aromatic heterocycles. The highest BCUT2D eigenvalue weighted by molar-refractivity contribution is 7.89. The molecule has 0 saturated carbocycles. The van der Waals surface area contributed by atoms with E-state index in [0.717, 1.165) is 33.2 Å². The minimum absolute atomic E-state index is 0.00337. The highest BCUT2D eigenvalue weighted by atomic mass is 32.2. The minimum Gasteiger partial charge on any atom is -0.491 e. The fraction of sp³-hybridized carbons (Fsp3) is 0.375. The molecule has 1 aromatic carbocycles. The zero-order valence-corrected chi connectivity index (χ0v) is 20.1.